The molecule has 1 amide bonds. The van der Waals surface area contributed by atoms with Gasteiger partial charge in [0.25, 0.3) is 11.5 Å². The van der Waals surface area contributed by atoms with Crippen molar-refractivity contribution in [2.24, 2.45) is 0 Å². The molecule has 6 nitrogen and oxygen atoms in total. The van der Waals surface area contributed by atoms with Gasteiger partial charge in [0.2, 0.25) is 0 Å². The van der Waals surface area contributed by atoms with Gasteiger partial charge >= 0.3 is 0 Å². The van der Waals surface area contributed by atoms with Crippen LogP contribution in [0.1, 0.15) is 15.9 Å². The van der Waals surface area contributed by atoms with Gasteiger partial charge in [-0.15, -0.1) is 0 Å². The molecule has 2 heterocycles. The smallest absolute Gasteiger partial charge is 0.266 e. The molecule has 35 heavy (non-hydrogen) atoms. The molecule has 0 bridgehead atoms. The molecule has 1 aliphatic rings. The van der Waals surface area contributed by atoms with Crippen LogP contribution in [-0.2, 0) is 10.5 Å². The molecular formula is C26H21ClFN3O3S. The van der Waals surface area contributed by atoms with Gasteiger partial charge in [-0.25, -0.2) is 9.37 Å². The summed E-state index contributed by atoms with van der Waals surface area (Å²) >= 11 is 7.49. The molecule has 0 radical (unpaired) electrons. The number of nitrogens with zero attached hydrogens (tertiary/aromatic N) is 3. The van der Waals surface area contributed by atoms with Crippen LogP contribution in [-0.4, -0.2) is 46.7 Å². The molecule has 0 N–H and O–H groups in total. The zero-order valence-corrected chi connectivity index (χ0v) is 20.2. The molecule has 0 atom stereocenters. The molecule has 4 aromatic rings. The normalized spacial score (nSPS) is 13.8. The highest BCUT2D eigenvalue weighted by molar-refractivity contribution is 7.98. The standard InChI is InChI=1S/C26H21ClFN3O3S/c27-19-3-1-2-17(14-19)16-35-26-29-23-15-18(24(32)30-10-12-34-13-11-30)4-9-22(23)25(33)31(26)21-7-5-20(28)6-8-21/h1-9,14-15H,10-13,16H2. The second kappa shape index (κ2) is 10.2. The van der Waals surface area contributed by atoms with Crippen molar-refractivity contribution in [2.45, 2.75) is 10.9 Å². The molecule has 5 rings (SSSR count). The van der Waals surface area contributed by atoms with E-state index in [0.717, 1.165) is 5.56 Å². The lowest BCUT2D eigenvalue weighted by molar-refractivity contribution is 0.0303. The molecule has 9 heteroatoms. The number of carbonyl (C=O) groups is 1. The van der Waals surface area contributed by atoms with Gasteiger partial charge in [0.15, 0.2) is 5.16 Å². The van der Waals surface area contributed by atoms with Crippen molar-refractivity contribution >= 4 is 40.2 Å². The van der Waals surface area contributed by atoms with Crippen LogP contribution in [0.2, 0.25) is 5.02 Å². The number of rotatable bonds is 5. The Balaban J connectivity index is 1.58. The van der Waals surface area contributed by atoms with E-state index in [2.05, 4.69) is 0 Å². The van der Waals surface area contributed by atoms with Crippen LogP contribution >= 0.6 is 23.4 Å². The molecule has 1 fully saturated rings. The van der Waals surface area contributed by atoms with E-state index in [9.17, 15) is 14.0 Å². The van der Waals surface area contributed by atoms with Crippen molar-refractivity contribution in [1.82, 2.24) is 14.5 Å². The Morgan fingerprint density at radius 1 is 1.06 bits per heavy atom. The first kappa shape index (κ1) is 23.5. The average molecular weight is 510 g/mol. The summed E-state index contributed by atoms with van der Waals surface area (Å²) in [4.78, 5) is 33.0. The Labute approximate surface area is 210 Å². The Kier molecular flexibility index (Phi) is 6.86. The summed E-state index contributed by atoms with van der Waals surface area (Å²) in [6, 6.07) is 18.1. The SMILES string of the molecule is O=C(c1ccc2c(=O)n(-c3ccc(F)cc3)c(SCc3cccc(Cl)c3)nc2c1)N1CCOCC1. The van der Waals surface area contributed by atoms with Gasteiger partial charge in [0.05, 0.1) is 29.8 Å². The summed E-state index contributed by atoms with van der Waals surface area (Å²) in [5.41, 5.74) is 2.09. The van der Waals surface area contributed by atoms with Crippen LogP contribution in [0.4, 0.5) is 4.39 Å². The van der Waals surface area contributed by atoms with Crippen LogP contribution in [0.25, 0.3) is 16.6 Å². The molecule has 1 aromatic heterocycles. The molecule has 1 aliphatic heterocycles. The molecule has 3 aromatic carbocycles. The molecule has 0 spiro atoms. The van der Waals surface area contributed by atoms with E-state index >= 15 is 0 Å². The van der Waals surface area contributed by atoms with Crippen molar-refractivity contribution in [3.05, 3.63) is 99.1 Å². The fraction of sp³-hybridized carbons (Fsp3) is 0.192. The van der Waals surface area contributed by atoms with E-state index < -0.39 is 5.82 Å². The van der Waals surface area contributed by atoms with Crippen molar-refractivity contribution in [3.63, 3.8) is 0 Å². The summed E-state index contributed by atoms with van der Waals surface area (Å²) in [6.07, 6.45) is 0. The zero-order valence-electron chi connectivity index (χ0n) is 18.6. The average Bonchev–Trinajstić information content (AvgIpc) is 2.88. The summed E-state index contributed by atoms with van der Waals surface area (Å²) in [5, 5.41) is 1.43. The number of ether oxygens (including phenoxy) is 1. The maximum absolute atomic E-state index is 13.6. The largest absolute Gasteiger partial charge is 0.378 e. The van der Waals surface area contributed by atoms with Crippen LogP contribution in [0.3, 0.4) is 0 Å². The van der Waals surface area contributed by atoms with Gasteiger partial charge in [0.1, 0.15) is 5.82 Å². The molecular weight excluding hydrogens is 489 g/mol. The lowest BCUT2D eigenvalue weighted by Gasteiger charge is -2.26. The molecule has 0 saturated carbocycles. The predicted molar refractivity (Wildman–Crippen MR) is 135 cm³/mol. The van der Waals surface area contributed by atoms with Gasteiger partial charge in [-0.3, -0.25) is 14.2 Å². The van der Waals surface area contributed by atoms with E-state index in [4.69, 9.17) is 21.3 Å². The Morgan fingerprint density at radius 3 is 2.57 bits per heavy atom. The first-order chi connectivity index (χ1) is 17.0. The highest BCUT2D eigenvalue weighted by Crippen LogP contribution is 2.26. The highest BCUT2D eigenvalue weighted by atomic mass is 35.5. The first-order valence-corrected chi connectivity index (χ1v) is 12.4. The minimum atomic E-state index is -0.394. The van der Waals surface area contributed by atoms with Gasteiger partial charge in [0, 0.05) is 29.4 Å². The third kappa shape index (κ3) is 5.10. The third-order valence-corrected chi connectivity index (χ3v) is 6.97. The Hall–Kier alpha value is -3.20. The van der Waals surface area contributed by atoms with Gasteiger partial charge in [-0.1, -0.05) is 35.5 Å². The molecule has 0 aliphatic carbocycles. The summed E-state index contributed by atoms with van der Waals surface area (Å²) < 4.78 is 20.4. The van der Waals surface area contributed by atoms with Crippen LogP contribution < -0.4 is 5.56 Å². The van der Waals surface area contributed by atoms with Crippen molar-refractivity contribution in [1.29, 1.82) is 0 Å². The second-order valence-corrected chi connectivity index (χ2v) is 9.45. The second-order valence-electron chi connectivity index (χ2n) is 8.07. The number of amides is 1. The minimum absolute atomic E-state index is 0.118. The predicted octanol–water partition coefficient (Wildman–Crippen LogP) is 4.94. The number of hydrogen-bond donors (Lipinski definition) is 0. The van der Waals surface area contributed by atoms with Gasteiger partial charge < -0.3 is 9.64 Å². The fourth-order valence-electron chi connectivity index (χ4n) is 3.94. The summed E-state index contributed by atoms with van der Waals surface area (Å²) in [5.74, 6) is 0.00863. The van der Waals surface area contributed by atoms with E-state index in [1.807, 2.05) is 18.2 Å². The van der Waals surface area contributed by atoms with Crippen LogP contribution in [0.15, 0.2) is 76.7 Å². The number of aromatic nitrogens is 2. The van der Waals surface area contributed by atoms with E-state index in [0.29, 0.717) is 64.4 Å². The van der Waals surface area contributed by atoms with Gasteiger partial charge in [-0.05, 0) is 60.2 Å². The lowest BCUT2D eigenvalue weighted by Crippen LogP contribution is -2.40. The van der Waals surface area contributed by atoms with E-state index in [1.54, 1.807) is 41.3 Å². The van der Waals surface area contributed by atoms with Crippen LogP contribution in [0.5, 0.6) is 0 Å². The highest BCUT2D eigenvalue weighted by Gasteiger charge is 2.20. The number of fused-ring (bicyclic) bond motifs is 1. The lowest BCUT2D eigenvalue weighted by atomic mass is 10.1. The maximum atomic E-state index is 13.6. The van der Waals surface area contributed by atoms with Crippen molar-refractivity contribution in [3.8, 4) is 5.69 Å². The topological polar surface area (TPSA) is 64.4 Å². The zero-order chi connectivity index (χ0) is 24.4. The first-order valence-electron chi connectivity index (χ1n) is 11.1. The monoisotopic (exact) mass is 509 g/mol. The van der Waals surface area contributed by atoms with Crippen LogP contribution in [0, 0.1) is 5.82 Å². The number of morpholine rings is 1. The molecule has 0 unspecified atom stereocenters. The quantitative estimate of drug-likeness (QED) is 0.281. The van der Waals surface area contributed by atoms with Gasteiger partial charge in [-0.2, -0.15) is 0 Å². The maximum Gasteiger partial charge on any atom is 0.266 e. The summed E-state index contributed by atoms with van der Waals surface area (Å²) in [6.45, 7) is 2.06. The van der Waals surface area contributed by atoms with E-state index in [-0.39, 0.29) is 11.5 Å². The number of benzene rings is 3. The fourth-order valence-corrected chi connectivity index (χ4v) is 5.11. The minimum Gasteiger partial charge on any atom is -0.378 e. The number of carbonyl (C=O) groups excluding carboxylic acids is 1. The van der Waals surface area contributed by atoms with E-state index in [1.165, 1.54) is 28.5 Å². The van der Waals surface area contributed by atoms with Crippen molar-refractivity contribution in [2.75, 3.05) is 26.3 Å². The summed E-state index contributed by atoms with van der Waals surface area (Å²) in [7, 11) is 0. The number of thioether (sulfide) groups is 1. The third-order valence-electron chi connectivity index (χ3n) is 5.73. The number of halogens is 2. The molecule has 1 saturated heterocycles. The molecule has 178 valence electrons. The number of hydrogen-bond acceptors (Lipinski definition) is 5. The Morgan fingerprint density at radius 2 is 1.83 bits per heavy atom. The van der Waals surface area contributed by atoms with Crippen molar-refractivity contribution < 1.29 is 13.9 Å². The Bertz CT molecular complexity index is 1450.